The largest absolute Gasteiger partial charge is 0.326 e. The number of halogens is 2. The van der Waals surface area contributed by atoms with Crippen LogP contribution in [0.4, 0.5) is 11.4 Å². The van der Waals surface area contributed by atoms with Crippen molar-refractivity contribution in [3.05, 3.63) is 24.3 Å². The number of rotatable bonds is 3. The molecule has 1 fully saturated rings. The molecule has 1 aliphatic carbocycles. The summed E-state index contributed by atoms with van der Waals surface area (Å²) in [6.07, 6.45) is 0.478. The molecular formula is C12H12Cl2N2O2. The van der Waals surface area contributed by atoms with Crippen molar-refractivity contribution in [2.45, 2.75) is 17.7 Å². The van der Waals surface area contributed by atoms with Gasteiger partial charge in [-0.1, -0.05) is 0 Å². The second-order valence-electron chi connectivity index (χ2n) is 4.27. The molecule has 96 valence electrons. The molecule has 1 aromatic rings. The van der Waals surface area contributed by atoms with Gasteiger partial charge in [0.1, 0.15) is 4.33 Å². The van der Waals surface area contributed by atoms with Gasteiger partial charge in [-0.25, -0.2) is 0 Å². The highest BCUT2D eigenvalue weighted by atomic mass is 35.5. The van der Waals surface area contributed by atoms with Gasteiger partial charge in [-0.2, -0.15) is 0 Å². The van der Waals surface area contributed by atoms with Crippen LogP contribution >= 0.6 is 23.2 Å². The molecule has 1 unspecified atom stereocenters. The monoisotopic (exact) mass is 286 g/mol. The number of nitrogens with one attached hydrogen (secondary N) is 2. The minimum absolute atomic E-state index is 0.140. The minimum atomic E-state index is -0.916. The topological polar surface area (TPSA) is 58.2 Å². The Morgan fingerprint density at radius 2 is 1.61 bits per heavy atom. The Morgan fingerprint density at radius 3 is 2.00 bits per heavy atom. The van der Waals surface area contributed by atoms with E-state index in [9.17, 15) is 9.59 Å². The molecule has 2 amide bonds. The summed E-state index contributed by atoms with van der Waals surface area (Å²) in [7, 11) is 0. The Kier molecular flexibility index (Phi) is 3.50. The van der Waals surface area contributed by atoms with Crippen molar-refractivity contribution in [1.29, 1.82) is 0 Å². The molecule has 0 saturated heterocycles. The molecule has 4 nitrogen and oxygen atoms in total. The summed E-state index contributed by atoms with van der Waals surface area (Å²) < 4.78 is -0.916. The number of carbonyl (C=O) groups is 2. The Labute approximate surface area is 115 Å². The summed E-state index contributed by atoms with van der Waals surface area (Å²) in [6, 6.07) is 6.82. The van der Waals surface area contributed by atoms with Crippen molar-refractivity contribution in [3.8, 4) is 0 Å². The molecular weight excluding hydrogens is 275 g/mol. The first kappa shape index (κ1) is 13.2. The van der Waals surface area contributed by atoms with Gasteiger partial charge in [0.05, 0.1) is 5.92 Å². The molecule has 0 spiro atoms. The van der Waals surface area contributed by atoms with Gasteiger partial charge in [0.25, 0.3) is 0 Å². The fourth-order valence-electron chi connectivity index (χ4n) is 1.57. The number of amides is 2. The molecule has 1 atom stereocenters. The predicted octanol–water partition coefficient (Wildman–Crippen LogP) is 2.78. The Bertz CT molecular complexity index is 485. The van der Waals surface area contributed by atoms with Crippen molar-refractivity contribution in [2.75, 3.05) is 10.6 Å². The van der Waals surface area contributed by atoms with E-state index < -0.39 is 4.33 Å². The van der Waals surface area contributed by atoms with E-state index in [1.807, 2.05) is 0 Å². The van der Waals surface area contributed by atoms with Gasteiger partial charge in [-0.05, 0) is 30.7 Å². The summed E-state index contributed by atoms with van der Waals surface area (Å²) in [5.74, 6) is -0.679. The third-order valence-electron chi connectivity index (χ3n) is 2.62. The number of anilines is 2. The first-order valence-corrected chi connectivity index (χ1v) is 6.20. The highest BCUT2D eigenvalue weighted by Gasteiger charge is 2.56. The molecule has 0 aromatic heterocycles. The Balaban J connectivity index is 1.94. The summed E-state index contributed by atoms with van der Waals surface area (Å²) in [6.45, 7) is 1.43. The Morgan fingerprint density at radius 1 is 1.17 bits per heavy atom. The summed E-state index contributed by atoms with van der Waals surface area (Å²) in [4.78, 5) is 22.5. The van der Waals surface area contributed by atoms with Crippen LogP contribution in [0.5, 0.6) is 0 Å². The first-order chi connectivity index (χ1) is 8.38. The maximum absolute atomic E-state index is 11.7. The number of alkyl halides is 2. The molecule has 1 aromatic carbocycles. The van der Waals surface area contributed by atoms with Crippen LogP contribution in [0.25, 0.3) is 0 Å². The summed E-state index contributed by atoms with van der Waals surface area (Å²) >= 11 is 11.6. The van der Waals surface area contributed by atoms with Crippen LogP contribution in [0, 0.1) is 5.92 Å². The van der Waals surface area contributed by atoms with Crippen molar-refractivity contribution < 1.29 is 9.59 Å². The SMILES string of the molecule is CC(=O)Nc1ccc(NC(=O)C2CC2(Cl)Cl)cc1. The van der Waals surface area contributed by atoms with Crippen LogP contribution in [0.15, 0.2) is 24.3 Å². The summed E-state index contributed by atoms with van der Waals surface area (Å²) in [5, 5.41) is 5.36. The van der Waals surface area contributed by atoms with E-state index in [4.69, 9.17) is 23.2 Å². The fraction of sp³-hybridized carbons (Fsp3) is 0.333. The molecule has 0 heterocycles. The van der Waals surface area contributed by atoms with Gasteiger partial charge in [0.2, 0.25) is 11.8 Å². The lowest BCUT2D eigenvalue weighted by Crippen LogP contribution is -2.16. The van der Waals surface area contributed by atoms with Gasteiger partial charge in [0, 0.05) is 18.3 Å². The minimum Gasteiger partial charge on any atom is -0.326 e. The normalized spacial score (nSPS) is 20.1. The molecule has 1 aliphatic rings. The maximum atomic E-state index is 11.7. The third kappa shape index (κ3) is 3.15. The van der Waals surface area contributed by atoms with Crippen LogP contribution in [-0.4, -0.2) is 16.1 Å². The van der Waals surface area contributed by atoms with Gasteiger partial charge < -0.3 is 10.6 Å². The third-order valence-corrected chi connectivity index (χ3v) is 3.45. The van der Waals surface area contributed by atoms with Crippen molar-refractivity contribution in [3.63, 3.8) is 0 Å². The molecule has 0 bridgehead atoms. The van der Waals surface area contributed by atoms with Crippen LogP contribution in [0.3, 0.4) is 0 Å². The van der Waals surface area contributed by atoms with Gasteiger partial charge in [0.15, 0.2) is 0 Å². The van der Waals surface area contributed by atoms with E-state index in [2.05, 4.69) is 10.6 Å². The zero-order valence-electron chi connectivity index (χ0n) is 9.67. The van der Waals surface area contributed by atoms with Gasteiger partial charge >= 0.3 is 0 Å². The van der Waals surface area contributed by atoms with E-state index in [1.54, 1.807) is 24.3 Å². The van der Waals surface area contributed by atoms with E-state index in [-0.39, 0.29) is 17.7 Å². The highest BCUT2D eigenvalue weighted by Crippen LogP contribution is 2.53. The highest BCUT2D eigenvalue weighted by molar-refractivity contribution is 6.52. The molecule has 18 heavy (non-hydrogen) atoms. The number of benzene rings is 1. The van der Waals surface area contributed by atoms with Crippen LogP contribution in [0.1, 0.15) is 13.3 Å². The Hall–Kier alpha value is -1.26. The van der Waals surface area contributed by atoms with E-state index in [0.29, 0.717) is 17.8 Å². The van der Waals surface area contributed by atoms with Crippen LogP contribution < -0.4 is 10.6 Å². The lowest BCUT2D eigenvalue weighted by atomic mass is 10.2. The number of hydrogen-bond donors (Lipinski definition) is 2. The first-order valence-electron chi connectivity index (χ1n) is 5.45. The van der Waals surface area contributed by atoms with Crippen molar-refractivity contribution in [1.82, 2.24) is 0 Å². The zero-order chi connectivity index (χ0) is 13.3. The average Bonchev–Trinajstić information content (AvgIpc) is 2.90. The fourth-order valence-corrected chi connectivity index (χ4v) is 2.07. The lowest BCUT2D eigenvalue weighted by molar-refractivity contribution is -0.117. The van der Waals surface area contributed by atoms with E-state index in [1.165, 1.54) is 6.92 Å². The number of carbonyl (C=O) groups excluding carboxylic acids is 2. The molecule has 2 rings (SSSR count). The van der Waals surface area contributed by atoms with Gasteiger partial charge in [-0.15, -0.1) is 23.2 Å². The molecule has 0 radical (unpaired) electrons. The smallest absolute Gasteiger partial charge is 0.230 e. The van der Waals surface area contributed by atoms with E-state index in [0.717, 1.165) is 0 Å². The van der Waals surface area contributed by atoms with Crippen molar-refractivity contribution >= 4 is 46.4 Å². The average molecular weight is 287 g/mol. The maximum Gasteiger partial charge on any atom is 0.230 e. The van der Waals surface area contributed by atoms with Gasteiger partial charge in [-0.3, -0.25) is 9.59 Å². The number of hydrogen-bond acceptors (Lipinski definition) is 2. The second kappa shape index (κ2) is 4.78. The van der Waals surface area contributed by atoms with E-state index >= 15 is 0 Å². The van der Waals surface area contributed by atoms with Crippen molar-refractivity contribution in [2.24, 2.45) is 5.92 Å². The molecule has 6 heteroatoms. The van der Waals surface area contributed by atoms with Crippen LogP contribution in [-0.2, 0) is 9.59 Å². The standard InChI is InChI=1S/C12H12Cl2N2O2/c1-7(17)15-8-2-4-9(5-3-8)16-11(18)10-6-12(10,13)14/h2-5,10H,6H2,1H3,(H,15,17)(H,16,18). The lowest BCUT2D eigenvalue weighted by Gasteiger charge is -2.07. The quantitative estimate of drug-likeness (QED) is 0.840. The molecule has 0 aliphatic heterocycles. The zero-order valence-corrected chi connectivity index (χ0v) is 11.2. The second-order valence-corrected chi connectivity index (χ2v) is 5.81. The molecule has 1 saturated carbocycles. The summed E-state index contributed by atoms with van der Waals surface area (Å²) in [5.41, 5.74) is 1.32. The van der Waals surface area contributed by atoms with Crippen LogP contribution in [0.2, 0.25) is 0 Å². The predicted molar refractivity (Wildman–Crippen MR) is 71.9 cm³/mol. The molecule has 2 N–H and O–H groups in total.